The summed E-state index contributed by atoms with van der Waals surface area (Å²) in [5.74, 6) is -0.800. The molecule has 78 valence electrons. The first kappa shape index (κ1) is 11.3. The Morgan fingerprint density at radius 1 is 1.79 bits per heavy atom. The largest absolute Gasteiger partial charge is 0.481 e. The van der Waals surface area contributed by atoms with E-state index in [4.69, 9.17) is 16.7 Å². The number of hydrogen-bond donors (Lipinski definition) is 1. The number of anilines is 1. The molecule has 0 aliphatic heterocycles. The smallest absolute Gasteiger partial charge is 0.305 e. The molecule has 0 bridgehead atoms. The molecule has 0 saturated carbocycles. The van der Waals surface area contributed by atoms with Crippen molar-refractivity contribution in [2.24, 2.45) is 0 Å². The van der Waals surface area contributed by atoms with Crippen molar-refractivity contribution in [3.8, 4) is 0 Å². The van der Waals surface area contributed by atoms with Crippen molar-refractivity contribution in [2.45, 2.75) is 13.3 Å². The Hall–Kier alpha value is -0.810. The van der Waals surface area contributed by atoms with Gasteiger partial charge in [-0.3, -0.25) is 4.79 Å². The first-order valence-corrected chi connectivity index (χ1v) is 5.47. The molecule has 1 N–H and O–H groups in total. The van der Waals surface area contributed by atoms with Crippen molar-refractivity contribution >= 4 is 34.0 Å². The summed E-state index contributed by atoms with van der Waals surface area (Å²) >= 11 is 7.10. The van der Waals surface area contributed by atoms with Crippen LogP contribution in [0.5, 0.6) is 0 Å². The number of thiazole rings is 1. The average molecular weight is 235 g/mol. The number of aliphatic carboxylic acids is 1. The molecule has 0 unspecified atom stereocenters. The lowest BCUT2D eigenvalue weighted by Gasteiger charge is -2.18. The summed E-state index contributed by atoms with van der Waals surface area (Å²) in [6, 6.07) is 0. The summed E-state index contributed by atoms with van der Waals surface area (Å²) in [4.78, 5) is 16.4. The van der Waals surface area contributed by atoms with Crippen molar-refractivity contribution in [1.29, 1.82) is 0 Å². The van der Waals surface area contributed by atoms with Crippen LogP contribution >= 0.6 is 22.9 Å². The van der Waals surface area contributed by atoms with E-state index in [-0.39, 0.29) is 6.42 Å². The Morgan fingerprint density at radius 2 is 2.50 bits per heavy atom. The number of rotatable bonds is 5. The number of carboxylic acids is 1. The molecule has 0 fully saturated rings. The van der Waals surface area contributed by atoms with E-state index in [1.807, 2.05) is 11.8 Å². The van der Waals surface area contributed by atoms with Gasteiger partial charge in [-0.15, -0.1) is 11.3 Å². The minimum atomic E-state index is -0.800. The molecule has 4 nitrogen and oxygen atoms in total. The van der Waals surface area contributed by atoms with Gasteiger partial charge in [0.1, 0.15) is 5.15 Å². The van der Waals surface area contributed by atoms with Crippen LogP contribution in [0.25, 0.3) is 0 Å². The molecular weight excluding hydrogens is 224 g/mol. The van der Waals surface area contributed by atoms with Crippen LogP contribution in [0.4, 0.5) is 5.13 Å². The fourth-order valence-corrected chi connectivity index (χ4v) is 2.05. The van der Waals surface area contributed by atoms with E-state index >= 15 is 0 Å². The molecule has 0 atom stereocenters. The highest BCUT2D eigenvalue weighted by Gasteiger charge is 2.09. The monoisotopic (exact) mass is 234 g/mol. The lowest BCUT2D eigenvalue weighted by Crippen LogP contribution is -2.25. The van der Waals surface area contributed by atoms with Crippen molar-refractivity contribution < 1.29 is 9.90 Å². The zero-order chi connectivity index (χ0) is 10.6. The Kier molecular flexibility index (Phi) is 4.16. The lowest BCUT2D eigenvalue weighted by atomic mass is 10.4. The van der Waals surface area contributed by atoms with E-state index in [1.54, 1.807) is 5.38 Å². The first-order valence-electron chi connectivity index (χ1n) is 4.21. The fourth-order valence-electron chi connectivity index (χ4n) is 1.01. The summed E-state index contributed by atoms with van der Waals surface area (Å²) < 4.78 is 0. The van der Waals surface area contributed by atoms with Crippen LogP contribution < -0.4 is 4.90 Å². The molecule has 1 aromatic rings. The van der Waals surface area contributed by atoms with Crippen molar-refractivity contribution in [3.05, 3.63) is 10.5 Å². The van der Waals surface area contributed by atoms with Crippen molar-refractivity contribution in [2.75, 3.05) is 18.0 Å². The number of nitrogens with zero attached hydrogens (tertiary/aromatic N) is 2. The molecular formula is C8H11ClN2O2S. The maximum absolute atomic E-state index is 10.4. The number of hydrogen-bond acceptors (Lipinski definition) is 4. The topological polar surface area (TPSA) is 53.4 Å². The predicted molar refractivity (Wildman–Crippen MR) is 57.3 cm³/mol. The van der Waals surface area contributed by atoms with Gasteiger partial charge in [-0.05, 0) is 6.92 Å². The lowest BCUT2D eigenvalue weighted by molar-refractivity contribution is -0.136. The fraction of sp³-hybridized carbons (Fsp3) is 0.500. The third-order valence-electron chi connectivity index (χ3n) is 1.71. The van der Waals surface area contributed by atoms with Crippen LogP contribution in [0.2, 0.25) is 5.15 Å². The molecule has 0 saturated heterocycles. The summed E-state index contributed by atoms with van der Waals surface area (Å²) in [5.41, 5.74) is 0. The van der Waals surface area contributed by atoms with Crippen molar-refractivity contribution in [3.63, 3.8) is 0 Å². The van der Waals surface area contributed by atoms with Gasteiger partial charge >= 0.3 is 5.97 Å². The number of aromatic nitrogens is 1. The van der Waals surface area contributed by atoms with Crippen LogP contribution in [-0.2, 0) is 4.79 Å². The average Bonchev–Trinajstić information content (AvgIpc) is 2.53. The molecule has 0 amide bonds. The molecule has 0 spiro atoms. The number of halogens is 1. The second kappa shape index (κ2) is 5.17. The van der Waals surface area contributed by atoms with Crippen LogP contribution in [0, 0.1) is 0 Å². The predicted octanol–water partition coefficient (Wildman–Crippen LogP) is 2.10. The molecule has 1 aromatic heterocycles. The van der Waals surface area contributed by atoms with E-state index in [2.05, 4.69) is 4.98 Å². The standard InChI is InChI=1S/C8H11ClN2O2S/c1-2-11(4-3-7(12)13)8-10-6(9)5-14-8/h5H,2-4H2,1H3,(H,12,13). The Morgan fingerprint density at radius 3 is 2.93 bits per heavy atom. The third kappa shape index (κ3) is 3.16. The zero-order valence-corrected chi connectivity index (χ0v) is 9.31. The maximum Gasteiger partial charge on any atom is 0.305 e. The summed E-state index contributed by atoms with van der Waals surface area (Å²) in [6.07, 6.45) is 0.116. The highest BCUT2D eigenvalue weighted by molar-refractivity contribution is 7.14. The second-order valence-electron chi connectivity index (χ2n) is 2.68. The minimum absolute atomic E-state index is 0.116. The van der Waals surface area contributed by atoms with E-state index in [9.17, 15) is 4.79 Å². The quantitative estimate of drug-likeness (QED) is 0.848. The van der Waals surface area contributed by atoms with Gasteiger partial charge in [0.25, 0.3) is 0 Å². The molecule has 1 heterocycles. The van der Waals surface area contributed by atoms with Crippen LogP contribution in [-0.4, -0.2) is 29.1 Å². The normalized spacial score (nSPS) is 10.1. The Labute approximate surface area is 91.1 Å². The van der Waals surface area contributed by atoms with Crippen LogP contribution in [0.15, 0.2) is 5.38 Å². The maximum atomic E-state index is 10.4. The minimum Gasteiger partial charge on any atom is -0.481 e. The van der Waals surface area contributed by atoms with E-state index in [0.717, 1.165) is 11.7 Å². The van der Waals surface area contributed by atoms with E-state index in [0.29, 0.717) is 11.7 Å². The van der Waals surface area contributed by atoms with Crippen LogP contribution in [0.3, 0.4) is 0 Å². The van der Waals surface area contributed by atoms with Gasteiger partial charge < -0.3 is 10.0 Å². The Bertz CT molecular complexity index is 316. The molecule has 1 rings (SSSR count). The highest BCUT2D eigenvalue weighted by atomic mass is 35.5. The third-order valence-corrected chi connectivity index (χ3v) is 2.94. The zero-order valence-electron chi connectivity index (χ0n) is 7.73. The van der Waals surface area contributed by atoms with Gasteiger partial charge in [0, 0.05) is 18.5 Å². The summed E-state index contributed by atoms with van der Waals surface area (Å²) in [5, 5.41) is 11.5. The summed E-state index contributed by atoms with van der Waals surface area (Å²) in [6.45, 7) is 3.16. The molecule has 0 aliphatic rings. The summed E-state index contributed by atoms with van der Waals surface area (Å²) in [7, 11) is 0. The van der Waals surface area contributed by atoms with E-state index in [1.165, 1.54) is 11.3 Å². The highest BCUT2D eigenvalue weighted by Crippen LogP contribution is 2.23. The SMILES string of the molecule is CCN(CCC(=O)O)c1nc(Cl)cs1. The van der Waals surface area contributed by atoms with Gasteiger partial charge in [0.05, 0.1) is 6.42 Å². The van der Waals surface area contributed by atoms with E-state index < -0.39 is 5.97 Å². The van der Waals surface area contributed by atoms with Gasteiger partial charge in [0.2, 0.25) is 0 Å². The molecule has 0 radical (unpaired) electrons. The van der Waals surface area contributed by atoms with Gasteiger partial charge in [-0.2, -0.15) is 0 Å². The van der Waals surface area contributed by atoms with Gasteiger partial charge in [0.15, 0.2) is 5.13 Å². The van der Waals surface area contributed by atoms with Gasteiger partial charge in [-0.1, -0.05) is 11.6 Å². The molecule has 0 aliphatic carbocycles. The van der Waals surface area contributed by atoms with Crippen molar-refractivity contribution in [1.82, 2.24) is 4.98 Å². The second-order valence-corrected chi connectivity index (χ2v) is 3.90. The molecule has 0 aromatic carbocycles. The van der Waals surface area contributed by atoms with Crippen LogP contribution in [0.1, 0.15) is 13.3 Å². The first-order chi connectivity index (χ1) is 6.63. The number of carboxylic acid groups (broad SMARTS) is 1. The Balaban J connectivity index is 2.58. The number of carbonyl (C=O) groups is 1. The molecule has 6 heteroatoms. The molecule has 14 heavy (non-hydrogen) atoms. The van der Waals surface area contributed by atoms with Gasteiger partial charge in [-0.25, -0.2) is 4.98 Å².